The van der Waals surface area contributed by atoms with Crippen LogP contribution in [0.3, 0.4) is 0 Å². The SMILES string of the molecule is CCC(C)C(=O)OC1C(OC(=O)c2cccnc2)C(C)(C)C(CC(=O)OC)C2(C)C(=O)C3(O)C(OC(C)=O)C4(C)C(c5ccoc5)OC(=O)C(OC(C)=O)C4(OC12)C31CO1.CCC(C)C(=O)OC1C(OC(=O)c2cccnc2)C2OC34C(OC(C)=O)C(=O)OC(c5ccoc5)C3(C)C(OC(C)=O)C(O)(C(=O)C2(C)C(CC(=O)OC)C1(C)C)C41CO1. The van der Waals surface area contributed by atoms with Crippen LogP contribution < -0.4 is 0 Å². The number of aliphatic hydroxyl groups is 2. The number of ether oxygens (including phenoxy) is 16. The summed E-state index contributed by atoms with van der Waals surface area (Å²) < 4.78 is 109. The molecule has 0 radical (unpaired) electrons. The van der Waals surface area contributed by atoms with Crippen LogP contribution in [0.5, 0.6) is 0 Å². The number of hydrogen-bond acceptors (Lipinski definition) is 36. The molecule has 6 aliphatic heterocycles. The van der Waals surface area contributed by atoms with Crippen molar-refractivity contribution in [1.82, 2.24) is 9.97 Å². The summed E-state index contributed by atoms with van der Waals surface area (Å²) in [6.45, 7) is 21.9. The molecule has 0 amide bonds. The summed E-state index contributed by atoms with van der Waals surface area (Å²) in [6.07, 6.45) is -11.8. The highest BCUT2D eigenvalue weighted by molar-refractivity contribution is 6.02. The van der Waals surface area contributed by atoms with Crippen molar-refractivity contribution >= 4 is 83.2 Å². The number of aromatic nitrogens is 2. The van der Waals surface area contributed by atoms with Gasteiger partial charge < -0.3 is 94.8 Å². The fraction of sp³-hybridized carbons (Fsp3) is 0.619. The summed E-state index contributed by atoms with van der Waals surface area (Å²) in [5.74, 6) is -17.6. The largest absolute Gasteiger partial charge is 0.472 e. The standard InChI is InChI=1S/2C42H49NO17/c1-10-20(2)32(47)59-29-27(57-33(48)23-12-11-14-43-17-23)30-38(7,25(37(29,5)6)16-26(46)52-9)35(50)41(51)36(56-22(4)45)39(8)28(24-13-15-53-18-24)58-34(49)31(55-21(3)44)42(39,60-30)40(41)19-54-40;1-10-20(2)32(47)57-27-29(59-33(48)23-12-11-14-43-17-23)37(5,6)25(16-26(46)52-9)38(7)30(27)60-42-31(55-21(3)44)34(49)58-28(24-13-15-53-18-24)39(42,8)36(56-22(4)45)41(51,35(38)50)40(42)19-54-40/h2*11-15,17-18,20,25,27-31,36,51H,10,16,19H2,1-9H3. The molecule has 4 aromatic rings. The number of methoxy groups -OCH3 is 2. The highest BCUT2D eigenvalue weighted by Crippen LogP contribution is 2.80. The smallest absolute Gasteiger partial charge is 0.351 e. The molecule has 4 aliphatic carbocycles. The number of furan rings is 2. The first-order valence-corrected chi connectivity index (χ1v) is 39.4. The molecule has 4 bridgehead atoms. The van der Waals surface area contributed by atoms with Crippen LogP contribution in [0.1, 0.15) is 181 Å². The lowest BCUT2D eigenvalue weighted by Gasteiger charge is -2.62. The molecule has 10 aliphatic rings. The van der Waals surface area contributed by atoms with Crippen LogP contribution in [-0.2, 0) is 133 Å². The van der Waals surface area contributed by atoms with Gasteiger partial charge in [-0.2, -0.15) is 0 Å². The number of nitrogens with zero attached hydrogens (tertiary/aromatic N) is 2. The zero-order valence-corrected chi connectivity index (χ0v) is 69.4. The number of pyridine rings is 2. The summed E-state index contributed by atoms with van der Waals surface area (Å²) in [4.78, 5) is 206. The third-order valence-corrected chi connectivity index (χ3v) is 27.7. The van der Waals surface area contributed by atoms with Crippen molar-refractivity contribution in [2.45, 2.75) is 243 Å². The van der Waals surface area contributed by atoms with Gasteiger partial charge in [0.25, 0.3) is 0 Å². The number of esters is 12. The molecule has 26 unspecified atom stereocenters. The number of ketones is 2. The van der Waals surface area contributed by atoms with Crippen LogP contribution in [0.4, 0.5) is 0 Å². The van der Waals surface area contributed by atoms with E-state index in [2.05, 4.69) is 9.97 Å². The lowest BCUT2D eigenvalue weighted by atomic mass is 9.48. The predicted molar refractivity (Wildman–Crippen MR) is 396 cm³/mol. The average Bonchev–Trinajstić information content (AvgIpc) is 1.44. The Morgan fingerprint density at radius 3 is 1.18 bits per heavy atom. The van der Waals surface area contributed by atoms with Crippen molar-refractivity contribution in [2.24, 2.45) is 56.2 Å². The molecule has 10 fully saturated rings. The predicted octanol–water partition coefficient (Wildman–Crippen LogP) is 5.54. The van der Waals surface area contributed by atoms with Gasteiger partial charge in [0.1, 0.15) is 36.6 Å². The molecule has 648 valence electrons. The van der Waals surface area contributed by atoms with Gasteiger partial charge in [-0.05, 0) is 88.8 Å². The Kier molecular flexibility index (Phi) is 22.1. The number of carbonyl (C=O) groups is 14. The Morgan fingerprint density at radius 2 is 0.858 bits per heavy atom. The number of epoxide rings is 2. The lowest BCUT2D eigenvalue weighted by Crippen LogP contribution is -2.76. The zero-order chi connectivity index (χ0) is 87.9. The molecule has 10 heterocycles. The minimum Gasteiger partial charge on any atom is -0.472 e. The van der Waals surface area contributed by atoms with Gasteiger partial charge in [-0.3, -0.25) is 57.9 Å². The second-order valence-corrected chi connectivity index (χ2v) is 34.7. The Morgan fingerprint density at radius 1 is 0.500 bits per heavy atom. The van der Waals surface area contributed by atoms with E-state index < -0.39 is 272 Å². The van der Waals surface area contributed by atoms with Gasteiger partial charge in [0.2, 0.25) is 12.2 Å². The maximum Gasteiger partial charge on any atom is 0.351 e. The highest BCUT2D eigenvalue weighted by atomic mass is 16.7. The van der Waals surface area contributed by atoms with Crippen molar-refractivity contribution in [2.75, 3.05) is 27.4 Å². The first-order chi connectivity index (χ1) is 56.3. The van der Waals surface area contributed by atoms with Crippen molar-refractivity contribution in [3.05, 3.63) is 108 Å². The van der Waals surface area contributed by atoms with E-state index in [0.717, 1.165) is 41.9 Å². The minimum absolute atomic E-state index is 0.0120. The molecule has 0 aromatic carbocycles. The normalized spacial score (nSPS) is 38.9. The Hall–Kier alpha value is -10.4. The second kappa shape index (κ2) is 30.3. The summed E-state index contributed by atoms with van der Waals surface area (Å²) in [6, 6.07) is 8.75. The molecule has 4 saturated carbocycles. The molecule has 36 heteroatoms. The molecule has 4 aromatic heterocycles. The van der Waals surface area contributed by atoms with Gasteiger partial charge >= 0.3 is 71.6 Å². The van der Waals surface area contributed by atoms with Gasteiger partial charge in [0, 0.05) is 74.4 Å². The molecular formula is C84H98N2O34. The maximum atomic E-state index is 16.3. The molecule has 26 atom stereocenters. The van der Waals surface area contributed by atoms with Crippen molar-refractivity contribution < 1.29 is 162 Å². The first kappa shape index (κ1) is 87.4. The third kappa shape index (κ3) is 12.1. The number of rotatable bonds is 20. The quantitative estimate of drug-likeness (QED) is 0.0622. The Bertz CT molecular complexity index is 4790. The van der Waals surface area contributed by atoms with Gasteiger partial charge in [-0.25, -0.2) is 19.2 Å². The van der Waals surface area contributed by atoms with Gasteiger partial charge in [-0.1, -0.05) is 55.4 Å². The Labute approximate surface area is 687 Å². The van der Waals surface area contributed by atoms with Gasteiger partial charge in [0.05, 0.1) is 110 Å². The number of fused-ring (bicyclic) bond motifs is 2. The molecule has 2 N–H and O–H groups in total. The van der Waals surface area contributed by atoms with Crippen LogP contribution in [0.25, 0.3) is 0 Å². The number of hydrogen-bond donors (Lipinski definition) is 2. The van der Waals surface area contributed by atoms with E-state index in [1.807, 2.05) is 0 Å². The van der Waals surface area contributed by atoms with Crippen LogP contribution >= 0.6 is 0 Å². The van der Waals surface area contributed by atoms with E-state index >= 15 is 9.59 Å². The molecule has 120 heavy (non-hydrogen) atoms. The van der Waals surface area contributed by atoms with E-state index in [1.165, 1.54) is 114 Å². The zero-order valence-electron chi connectivity index (χ0n) is 69.4. The molecule has 14 rings (SSSR count). The van der Waals surface area contributed by atoms with E-state index in [9.17, 15) is 67.7 Å². The van der Waals surface area contributed by atoms with Crippen molar-refractivity contribution in [1.29, 1.82) is 0 Å². The first-order valence-electron chi connectivity index (χ1n) is 39.4. The topological polar surface area (TPSA) is 486 Å². The summed E-state index contributed by atoms with van der Waals surface area (Å²) in [5, 5.41) is 27.4. The molecule has 6 saturated heterocycles. The van der Waals surface area contributed by atoms with E-state index in [1.54, 1.807) is 55.4 Å². The van der Waals surface area contributed by atoms with Gasteiger partial charge in [-0.15, -0.1) is 0 Å². The van der Waals surface area contributed by atoms with Crippen LogP contribution in [0.15, 0.2) is 95.1 Å². The van der Waals surface area contributed by atoms with Crippen LogP contribution in [-0.4, -0.2) is 225 Å². The number of carbonyl (C=O) groups excluding carboxylic acids is 14. The van der Waals surface area contributed by atoms with Gasteiger partial charge in [0.15, 0.2) is 69.6 Å². The lowest BCUT2D eigenvalue weighted by molar-refractivity contribution is -0.330. The number of Topliss-reactive ketones (excluding diaryl/α,β-unsaturated/α-hetero) is 2. The average molecular weight is 1680 g/mol. The second-order valence-electron chi connectivity index (χ2n) is 34.7. The van der Waals surface area contributed by atoms with Crippen molar-refractivity contribution in [3.63, 3.8) is 0 Å². The third-order valence-electron chi connectivity index (χ3n) is 27.7. The summed E-state index contributed by atoms with van der Waals surface area (Å²) in [7, 11) is 2.27. The molecular weight excluding hydrogens is 1580 g/mol. The monoisotopic (exact) mass is 1680 g/mol. The maximum absolute atomic E-state index is 16.3. The fourth-order valence-corrected chi connectivity index (χ4v) is 21.6. The minimum atomic E-state index is -2.99. The Balaban J connectivity index is 0.000000207. The van der Waals surface area contributed by atoms with E-state index in [-0.39, 0.29) is 22.3 Å². The molecule has 36 nitrogen and oxygen atoms in total. The van der Waals surface area contributed by atoms with Crippen LogP contribution in [0.2, 0.25) is 0 Å². The van der Waals surface area contributed by atoms with E-state index in [0.29, 0.717) is 12.8 Å². The fourth-order valence-electron chi connectivity index (χ4n) is 21.6. The highest BCUT2D eigenvalue weighted by Gasteiger charge is 3.02. The summed E-state index contributed by atoms with van der Waals surface area (Å²) >= 11 is 0. The summed E-state index contributed by atoms with van der Waals surface area (Å²) in [5.41, 5.74) is -27.2. The van der Waals surface area contributed by atoms with E-state index in [4.69, 9.17) is 84.6 Å². The molecule has 4 spiro atoms. The van der Waals surface area contributed by atoms with Crippen molar-refractivity contribution in [3.8, 4) is 0 Å². The van der Waals surface area contributed by atoms with Crippen LogP contribution in [0, 0.1) is 56.2 Å². The number of cyclic esters (lactones) is 2.